The van der Waals surface area contributed by atoms with Gasteiger partial charge in [-0.3, -0.25) is 9.59 Å². The lowest BCUT2D eigenvalue weighted by molar-refractivity contribution is -0.116. The van der Waals surface area contributed by atoms with E-state index in [1.165, 1.54) is 11.3 Å². The van der Waals surface area contributed by atoms with E-state index in [0.29, 0.717) is 29.1 Å². The van der Waals surface area contributed by atoms with E-state index in [-0.39, 0.29) is 18.1 Å². The number of anilines is 1. The number of halogens is 1. The fraction of sp³-hybridized carbons (Fsp3) is 0.115. The van der Waals surface area contributed by atoms with Crippen molar-refractivity contribution in [3.63, 3.8) is 0 Å². The fourth-order valence-corrected chi connectivity index (χ4v) is 4.47. The fourth-order valence-electron chi connectivity index (χ4n) is 3.32. The van der Waals surface area contributed by atoms with Gasteiger partial charge in [0.1, 0.15) is 5.01 Å². The maximum atomic E-state index is 12.4. The Morgan fingerprint density at radius 3 is 2.50 bits per heavy atom. The zero-order chi connectivity index (χ0) is 22.3. The van der Waals surface area contributed by atoms with E-state index in [9.17, 15) is 9.59 Å². The minimum atomic E-state index is -0.113. The van der Waals surface area contributed by atoms with Crippen molar-refractivity contribution in [1.82, 2.24) is 4.98 Å². The molecule has 0 radical (unpaired) electrons. The van der Waals surface area contributed by atoms with Gasteiger partial charge in [-0.1, -0.05) is 72.3 Å². The topological polar surface area (TPSA) is 59.1 Å². The molecule has 6 heteroatoms. The Balaban J connectivity index is 1.36. The molecule has 0 spiro atoms. The van der Waals surface area contributed by atoms with Crippen LogP contribution < -0.4 is 5.32 Å². The Bertz CT molecular complexity index is 1240. The molecule has 3 aromatic carbocycles. The number of benzene rings is 3. The maximum Gasteiger partial charge on any atom is 0.224 e. The molecule has 0 aliphatic heterocycles. The average molecular weight is 461 g/mol. The summed E-state index contributed by atoms with van der Waals surface area (Å²) in [7, 11) is 0. The molecular weight excluding hydrogens is 440 g/mol. The van der Waals surface area contributed by atoms with Crippen LogP contribution in [0.5, 0.6) is 0 Å². The number of hydrogen-bond donors (Lipinski definition) is 1. The summed E-state index contributed by atoms with van der Waals surface area (Å²) in [4.78, 5) is 29.2. The number of ketones is 1. The first kappa shape index (κ1) is 21.9. The van der Waals surface area contributed by atoms with Crippen molar-refractivity contribution in [3.8, 4) is 21.8 Å². The van der Waals surface area contributed by atoms with Crippen LogP contribution in [0.15, 0.2) is 84.2 Å². The molecule has 4 nitrogen and oxygen atoms in total. The Morgan fingerprint density at radius 1 is 0.906 bits per heavy atom. The monoisotopic (exact) mass is 460 g/mol. The van der Waals surface area contributed by atoms with Crippen LogP contribution in [-0.2, 0) is 4.79 Å². The molecular formula is C26H21ClN2O2S. The number of nitrogens with one attached hydrogen (secondary N) is 1. The molecule has 160 valence electrons. The summed E-state index contributed by atoms with van der Waals surface area (Å²) < 4.78 is 0. The number of carbonyl (C=O) groups is 2. The van der Waals surface area contributed by atoms with Gasteiger partial charge in [0.2, 0.25) is 5.91 Å². The minimum absolute atomic E-state index is 0.0539. The molecule has 32 heavy (non-hydrogen) atoms. The van der Waals surface area contributed by atoms with Crippen molar-refractivity contribution in [2.75, 3.05) is 5.32 Å². The highest BCUT2D eigenvalue weighted by Gasteiger charge is 2.11. The number of amides is 1. The minimum Gasteiger partial charge on any atom is -0.326 e. The van der Waals surface area contributed by atoms with Gasteiger partial charge in [0.15, 0.2) is 5.78 Å². The van der Waals surface area contributed by atoms with Crippen molar-refractivity contribution < 1.29 is 9.59 Å². The standard InChI is InChI=1S/C26H21ClN2O2S/c27-22-13-5-4-12-21(22)26-29-23(17-32-26)19-10-6-11-20(16-19)28-25(31)15-7-14-24(30)18-8-2-1-3-9-18/h1-6,8-13,16-17H,7,14-15H2,(H,28,31). The van der Waals surface area contributed by atoms with Crippen LogP contribution in [0.4, 0.5) is 5.69 Å². The molecule has 0 aliphatic rings. The first-order chi connectivity index (χ1) is 15.6. The lowest BCUT2D eigenvalue weighted by Gasteiger charge is -2.07. The van der Waals surface area contributed by atoms with E-state index in [1.807, 2.05) is 72.1 Å². The molecule has 4 rings (SSSR count). The zero-order valence-corrected chi connectivity index (χ0v) is 18.8. The first-order valence-electron chi connectivity index (χ1n) is 10.3. The summed E-state index contributed by atoms with van der Waals surface area (Å²) in [5.74, 6) is -0.0590. The lowest BCUT2D eigenvalue weighted by atomic mass is 10.1. The summed E-state index contributed by atoms with van der Waals surface area (Å²) in [6.07, 6.45) is 1.14. The van der Waals surface area contributed by atoms with Gasteiger partial charge < -0.3 is 5.32 Å². The van der Waals surface area contributed by atoms with Crippen molar-refractivity contribution in [3.05, 3.63) is 94.8 Å². The van der Waals surface area contributed by atoms with Crippen molar-refractivity contribution >= 4 is 40.3 Å². The number of rotatable bonds is 8. The second kappa shape index (κ2) is 10.4. The summed E-state index contributed by atoms with van der Waals surface area (Å²) in [6, 6.07) is 24.4. The van der Waals surface area contributed by atoms with E-state index >= 15 is 0 Å². The smallest absolute Gasteiger partial charge is 0.224 e. The molecule has 1 heterocycles. The Morgan fingerprint density at radius 2 is 1.69 bits per heavy atom. The average Bonchev–Trinajstić information content (AvgIpc) is 3.30. The first-order valence-corrected chi connectivity index (χ1v) is 11.5. The van der Waals surface area contributed by atoms with Crippen LogP contribution in [0.25, 0.3) is 21.8 Å². The van der Waals surface area contributed by atoms with Crippen molar-refractivity contribution in [2.24, 2.45) is 0 Å². The van der Waals surface area contributed by atoms with Gasteiger partial charge in [0, 0.05) is 40.6 Å². The third-order valence-electron chi connectivity index (χ3n) is 4.95. The summed E-state index contributed by atoms with van der Waals surface area (Å²) in [5, 5.41) is 6.42. The highest BCUT2D eigenvalue weighted by atomic mass is 35.5. The Labute approximate surface area is 195 Å². The maximum absolute atomic E-state index is 12.4. The zero-order valence-electron chi connectivity index (χ0n) is 17.3. The molecule has 0 saturated carbocycles. The van der Waals surface area contributed by atoms with Gasteiger partial charge in [-0.05, 0) is 24.6 Å². The number of nitrogens with zero attached hydrogens (tertiary/aromatic N) is 1. The highest BCUT2D eigenvalue weighted by Crippen LogP contribution is 2.33. The summed E-state index contributed by atoms with van der Waals surface area (Å²) in [5.41, 5.74) is 4.03. The molecule has 0 atom stereocenters. The van der Waals surface area contributed by atoms with Gasteiger partial charge in [-0.2, -0.15) is 0 Å². The van der Waals surface area contributed by atoms with E-state index in [1.54, 1.807) is 12.1 Å². The Kier molecular flexibility index (Phi) is 7.10. The van der Waals surface area contributed by atoms with Gasteiger partial charge in [-0.25, -0.2) is 4.98 Å². The summed E-state index contributed by atoms with van der Waals surface area (Å²) in [6.45, 7) is 0. The van der Waals surface area contributed by atoms with Gasteiger partial charge in [-0.15, -0.1) is 11.3 Å². The molecule has 1 amide bonds. The second-order valence-corrected chi connectivity index (χ2v) is 8.55. The van der Waals surface area contributed by atoms with Gasteiger partial charge in [0.25, 0.3) is 0 Å². The lowest BCUT2D eigenvalue weighted by Crippen LogP contribution is -2.12. The van der Waals surface area contributed by atoms with E-state index < -0.39 is 0 Å². The third kappa shape index (κ3) is 5.49. The van der Waals surface area contributed by atoms with Crippen LogP contribution >= 0.6 is 22.9 Å². The predicted molar refractivity (Wildman–Crippen MR) is 131 cm³/mol. The number of Topliss-reactive ketones (excluding diaryl/α,β-unsaturated/α-hetero) is 1. The van der Waals surface area contributed by atoms with Crippen LogP contribution in [-0.4, -0.2) is 16.7 Å². The number of thiazole rings is 1. The molecule has 1 aromatic heterocycles. The molecule has 4 aromatic rings. The normalized spacial score (nSPS) is 10.7. The van der Waals surface area contributed by atoms with Gasteiger partial charge in [0.05, 0.1) is 10.7 Å². The van der Waals surface area contributed by atoms with Crippen molar-refractivity contribution in [1.29, 1.82) is 0 Å². The van der Waals surface area contributed by atoms with Crippen LogP contribution in [0, 0.1) is 0 Å². The Hall–Kier alpha value is -3.28. The largest absolute Gasteiger partial charge is 0.326 e. The third-order valence-corrected chi connectivity index (χ3v) is 6.16. The van der Waals surface area contributed by atoms with E-state index in [2.05, 4.69) is 5.32 Å². The number of aromatic nitrogens is 1. The quantitative estimate of drug-likeness (QED) is 0.285. The molecule has 0 fully saturated rings. The SMILES string of the molecule is O=C(CCCC(=O)c1ccccc1)Nc1cccc(-c2csc(-c3ccccc3Cl)n2)c1. The molecule has 1 N–H and O–H groups in total. The molecule has 0 aliphatic carbocycles. The van der Waals surface area contributed by atoms with Gasteiger partial charge >= 0.3 is 0 Å². The van der Waals surface area contributed by atoms with Crippen molar-refractivity contribution in [2.45, 2.75) is 19.3 Å². The molecule has 0 unspecified atom stereocenters. The molecule has 0 saturated heterocycles. The number of carbonyl (C=O) groups excluding carboxylic acids is 2. The van der Waals surface area contributed by atoms with E-state index in [0.717, 1.165) is 21.8 Å². The second-order valence-electron chi connectivity index (χ2n) is 7.29. The summed E-state index contributed by atoms with van der Waals surface area (Å²) >= 11 is 7.82. The number of hydrogen-bond acceptors (Lipinski definition) is 4. The van der Waals surface area contributed by atoms with Crippen LogP contribution in [0.2, 0.25) is 5.02 Å². The predicted octanol–water partition coefficient (Wildman–Crippen LogP) is 7.12. The van der Waals surface area contributed by atoms with E-state index in [4.69, 9.17) is 16.6 Å². The highest BCUT2D eigenvalue weighted by molar-refractivity contribution is 7.13. The van der Waals surface area contributed by atoms with Crippen LogP contribution in [0.3, 0.4) is 0 Å². The molecule has 0 bridgehead atoms. The van der Waals surface area contributed by atoms with Crippen LogP contribution in [0.1, 0.15) is 29.6 Å².